The maximum Gasteiger partial charge on any atom is -0.0351 e. The lowest BCUT2D eigenvalue weighted by atomic mass is 10.1. The van der Waals surface area contributed by atoms with Crippen molar-refractivity contribution in [3.63, 3.8) is 0 Å². The topological polar surface area (TPSA) is 0 Å². The highest BCUT2D eigenvalue weighted by atomic mass is 14.0. The Kier molecular flexibility index (Phi) is 74.1. The monoisotopic (exact) mass is 222 g/mol. The molecule has 1 aliphatic carbocycles. The molecule has 1 rings (SSSR count). The minimum atomic E-state index is 1.32. The zero-order valence-corrected chi connectivity index (χ0v) is 11.1. The van der Waals surface area contributed by atoms with E-state index >= 15 is 0 Å². The minimum Gasteiger partial charge on any atom is -0.106 e. The summed E-state index contributed by atoms with van der Waals surface area (Å²) in [5.74, 6) is 0. The molecule has 0 bridgehead atoms. The number of hydrogen-bond donors (Lipinski definition) is 0. The zero-order chi connectivity index (χ0) is 13.7. The Labute approximate surface area is 104 Å². The summed E-state index contributed by atoms with van der Waals surface area (Å²) in [5.41, 5.74) is 0. The smallest absolute Gasteiger partial charge is 0.0351 e. The molecule has 0 aliphatic heterocycles. The van der Waals surface area contributed by atoms with Gasteiger partial charge in [0, 0.05) is 0 Å². The lowest BCUT2D eigenvalue weighted by Gasteiger charge is -2.00. The fourth-order valence-electron chi connectivity index (χ4n) is 1.11. The third kappa shape index (κ3) is 38.7. The van der Waals surface area contributed by atoms with E-state index in [1.54, 1.807) is 0 Å². The van der Waals surface area contributed by atoms with Crippen molar-refractivity contribution >= 4 is 0 Å². The third-order valence-electron chi connectivity index (χ3n) is 1.66. The van der Waals surface area contributed by atoms with Crippen LogP contribution < -0.4 is 0 Å². The number of allylic oxidation sites excluding steroid dienone is 2. The second-order valence-corrected chi connectivity index (χ2v) is 2.46. The van der Waals surface area contributed by atoms with E-state index in [0.29, 0.717) is 0 Å². The van der Waals surface area contributed by atoms with Crippen molar-refractivity contribution in [2.75, 3.05) is 0 Å². The summed E-state index contributed by atoms with van der Waals surface area (Å²) >= 11 is 0. The van der Waals surface area contributed by atoms with Crippen LogP contribution in [0.5, 0.6) is 0 Å². The molecule has 16 heavy (non-hydrogen) atoms. The van der Waals surface area contributed by atoms with E-state index < -0.39 is 0 Å². The van der Waals surface area contributed by atoms with E-state index in [1.807, 2.05) is 0 Å². The molecular weight excluding hydrogens is 192 g/mol. The highest BCUT2D eigenvalue weighted by molar-refractivity contribution is 4.82. The Hall–Kier alpha value is -1.30. The highest BCUT2D eigenvalue weighted by Crippen LogP contribution is 2.09. The van der Waals surface area contributed by atoms with Crippen LogP contribution in [0.2, 0.25) is 0 Å². The normalized spacial score (nSPS) is 12.0. The summed E-state index contributed by atoms with van der Waals surface area (Å²) in [7, 11) is 0. The van der Waals surface area contributed by atoms with Crippen molar-refractivity contribution in [3.8, 4) is 0 Å². The van der Waals surface area contributed by atoms with Gasteiger partial charge in [-0.3, -0.25) is 0 Å². The summed E-state index contributed by atoms with van der Waals surface area (Å²) in [6.07, 6.45) is 13.0. The van der Waals surface area contributed by atoms with Gasteiger partial charge in [0.1, 0.15) is 0 Å². The molecule has 0 heterocycles. The highest BCUT2D eigenvalue weighted by Gasteiger charge is 1.89. The van der Waals surface area contributed by atoms with E-state index in [-0.39, 0.29) is 0 Å². The maximum absolute atomic E-state index is 3.00. The van der Waals surface area contributed by atoms with Crippen LogP contribution in [0.1, 0.15) is 38.5 Å². The average molecular weight is 222 g/mol. The molecule has 0 amide bonds. The van der Waals surface area contributed by atoms with Gasteiger partial charge in [-0.1, -0.05) is 25.0 Å². The summed E-state index contributed by atoms with van der Waals surface area (Å²) < 4.78 is 0. The van der Waals surface area contributed by atoms with E-state index in [9.17, 15) is 0 Å². The van der Waals surface area contributed by atoms with Crippen molar-refractivity contribution in [1.82, 2.24) is 0 Å². The van der Waals surface area contributed by atoms with Gasteiger partial charge in [-0.25, -0.2) is 0 Å². The van der Waals surface area contributed by atoms with Crippen LogP contribution in [-0.4, -0.2) is 0 Å². The third-order valence-corrected chi connectivity index (χ3v) is 1.66. The lowest BCUT2D eigenvalue weighted by molar-refractivity contribution is 0.638. The van der Waals surface area contributed by atoms with Crippen LogP contribution in [0.3, 0.4) is 0 Å². The quantitative estimate of drug-likeness (QED) is 0.434. The molecule has 0 aromatic rings. The Morgan fingerprint density at radius 3 is 0.938 bits per heavy atom. The standard InChI is InChI=1S/C8H14.4C2H4/c1-2-4-6-8-7-5-3-1;4*1-2/h1-2H,3-8H2;4*1-2H2. The van der Waals surface area contributed by atoms with Gasteiger partial charge in [0.15, 0.2) is 0 Å². The minimum absolute atomic E-state index is 1.32. The Morgan fingerprint density at radius 1 is 0.438 bits per heavy atom. The number of hydrogen-bond acceptors (Lipinski definition) is 0. The molecule has 0 nitrogen and oxygen atoms in total. The van der Waals surface area contributed by atoms with Gasteiger partial charge in [0.2, 0.25) is 0 Å². The van der Waals surface area contributed by atoms with Gasteiger partial charge in [-0.05, 0) is 25.7 Å². The first-order valence-electron chi connectivity index (χ1n) is 5.65. The van der Waals surface area contributed by atoms with Crippen LogP contribution in [0.25, 0.3) is 0 Å². The van der Waals surface area contributed by atoms with Crippen LogP contribution in [0, 0.1) is 0 Å². The van der Waals surface area contributed by atoms with Crippen molar-refractivity contribution in [2.24, 2.45) is 0 Å². The Balaban J connectivity index is -0.0000000771. The maximum atomic E-state index is 3.00. The molecule has 0 aromatic heterocycles. The lowest BCUT2D eigenvalue weighted by Crippen LogP contribution is -1.80. The molecule has 1 aliphatic rings. The Morgan fingerprint density at radius 2 is 0.688 bits per heavy atom. The Bertz CT molecular complexity index is 95.2. The van der Waals surface area contributed by atoms with Crippen LogP contribution in [-0.2, 0) is 0 Å². The van der Waals surface area contributed by atoms with Crippen molar-refractivity contribution in [1.29, 1.82) is 0 Å². The molecule has 0 saturated carbocycles. The number of rotatable bonds is 0. The van der Waals surface area contributed by atoms with E-state index in [1.165, 1.54) is 38.5 Å². The van der Waals surface area contributed by atoms with Gasteiger partial charge in [-0.15, -0.1) is 52.6 Å². The first-order chi connectivity index (χ1) is 8.00. The van der Waals surface area contributed by atoms with E-state index in [4.69, 9.17) is 0 Å². The van der Waals surface area contributed by atoms with E-state index in [0.717, 1.165) is 0 Å². The molecule has 0 atom stereocenters. The summed E-state index contributed by atoms with van der Waals surface area (Å²) in [6, 6.07) is 0. The first-order valence-corrected chi connectivity index (χ1v) is 5.65. The molecular formula is C16H30. The summed E-state index contributed by atoms with van der Waals surface area (Å²) in [5, 5.41) is 0. The van der Waals surface area contributed by atoms with Gasteiger partial charge in [0.25, 0.3) is 0 Å². The predicted molar refractivity (Wildman–Crippen MR) is 81.9 cm³/mol. The predicted octanol–water partition coefficient (Wildman–Crippen LogP) is 6.11. The molecule has 0 saturated heterocycles. The first kappa shape index (κ1) is 24.1. The van der Waals surface area contributed by atoms with Gasteiger partial charge in [-0.2, -0.15) is 0 Å². The SMILES string of the molecule is C1=CCCCCCC1.C=C.C=C.C=C.C=C. The van der Waals surface area contributed by atoms with Gasteiger partial charge >= 0.3 is 0 Å². The largest absolute Gasteiger partial charge is 0.106 e. The average Bonchev–Trinajstić information content (AvgIpc) is 2.38. The fourth-order valence-corrected chi connectivity index (χ4v) is 1.11. The fraction of sp³-hybridized carbons (Fsp3) is 0.375. The summed E-state index contributed by atoms with van der Waals surface area (Å²) in [4.78, 5) is 0. The molecule has 0 spiro atoms. The molecule has 0 heteroatoms. The van der Waals surface area contributed by atoms with Crippen molar-refractivity contribution < 1.29 is 0 Å². The molecule has 94 valence electrons. The summed E-state index contributed by atoms with van der Waals surface area (Å²) in [6.45, 7) is 24.0. The second-order valence-electron chi connectivity index (χ2n) is 2.46. The second kappa shape index (κ2) is 49.2. The van der Waals surface area contributed by atoms with Crippen LogP contribution >= 0.6 is 0 Å². The van der Waals surface area contributed by atoms with Crippen molar-refractivity contribution in [3.05, 3.63) is 64.8 Å². The molecule has 0 unspecified atom stereocenters. The molecule has 0 N–H and O–H groups in total. The molecule has 0 radical (unpaired) electrons. The van der Waals surface area contributed by atoms with E-state index in [2.05, 4.69) is 64.8 Å². The van der Waals surface area contributed by atoms with Gasteiger partial charge in [0.05, 0.1) is 0 Å². The van der Waals surface area contributed by atoms with Gasteiger partial charge < -0.3 is 0 Å². The molecule has 0 fully saturated rings. The van der Waals surface area contributed by atoms with Crippen LogP contribution in [0.4, 0.5) is 0 Å². The van der Waals surface area contributed by atoms with Crippen LogP contribution in [0.15, 0.2) is 64.8 Å². The molecule has 0 aromatic carbocycles. The van der Waals surface area contributed by atoms with Crippen molar-refractivity contribution in [2.45, 2.75) is 38.5 Å². The zero-order valence-electron chi connectivity index (χ0n) is 11.1.